The number of hydrogen-bond donors (Lipinski definition) is 2. The molecule has 1 amide bonds. The Morgan fingerprint density at radius 2 is 1.75 bits per heavy atom. The summed E-state index contributed by atoms with van der Waals surface area (Å²) in [6, 6.07) is 15.1. The van der Waals surface area contributed by atoms with Crippen LogP contribution in [0.1, 0.15) is 29.6 Å². The minimum Gasteiger partial charge on any atom is -0.349 e. The van der Waals surface area contributed by atoms with Gasteiger partial charge in [0.15, 0.2) is 0 Å². The molecule has 0 bridgehead atoms. The molecule has 3 rings (SSSR count). The monoisotopic (exact) mass is 423 g/mol. The van der Waals surface area contributed by atoms with Gasteiger partial charge in [0.1, 0.15) is 4.90 Å². The second-order valence-electron chi connectivity index (χ2n) is 6.81. The fourth-order valence-electron chi connectivity index (χ4n) is 3.56. The number of nitrogens with two attached hydrogens (primary N) is 1. The first-order valence-corrected chi connectivity index (χ1v) is 10.5. The number of benzene rings is 2. The van der Waals surface area contributed by atoms with E-state index >= 15 is 0 Å². The zero-order valence-electron chi connectivity index (χ0n) is 15.7. The fraction of sp³-hybridized carbons (Fsp3) is 0.350. The molecule has 0 spiro atoms. The topological polar surface area (TPSA) is 92.5 Å². The van der Waals surface area contributed by atoms with Gasteiger partial charge in [0.2, 0.25) is 0 Å². The summed E-state index contributed by atoms with van der Waals surface area (Å²) >= 11 is 0. The third-order valence-corrected chi connectivity index (χ3v) is 7.01. The molecular weight excluding hydrogens is 398 g/mol. The quantitative estimate of drug-likeness (QED) is 0.747. The van der Waals surface area contributed by atoms with Crippen LogP contribution < -0.4 is 15.4 Å². The van der Waals surface area contributed by atoms with E-state index in [2.05, 4.69) is 5.32 Å². The minimum absolute atomic E-state index is 0. The van der Waals surface area contributed by atoms with Gasteiger partial charge in [-0.25, -0.2) is 8.42 Å². The van der Waals surface area contributed by atoms with Crippen molar-refractivity contribution in [3.8, 4) is 0 Å². The van der Waals surface area contributed by atoms with Crippen LogP contribution in [0.3, 0.4) is 0 Å². The lowest BCUT2D eigenvalue weighted by Gasteiger charge is -2.23. The van der Waals surface area contributed by atoms with Crippen LogP contribution in [-0.2, 0) is 10.0 Å². The van der Waals surface area contributed by atoms with Crippen LogP contribution in [0.4, 0.5) is 5.69 Å². The second-order valence-corrected chi connectivity index (χ2v) is 8.75. The molecule has 3 N–H and O–H groups in total. The number of sulfonamides is 1. The molecule has 0 heterocycles. The third kappa shape index (κ3) is 4.48. The van der Waals surface area contributed by atoms with Gasteiger partial charge in [0.25, 0.3) is 15.9 Å². The van der Waals surface area contributed by atoms with E-state index in [4.69, 9.17) is 5.73 Å². The molecule has 6 nitrogen and oxygen atoms in total. The molecule has 0 saturated heterocycles. The van der Waals surface area contributed by atoms with Crippen LogP contribution in [0.25, 0.3) is 0 Å². The van der Waals surface area contributed by atoms with Crippen LogP contribution in [-0.4, -0.2) is 34.0 Å². The van der Waals surface area contributed by atoms with E-state index in [0.717, 1.165) is 19.3 Å². The van der Waals surface area contributed by atoms with E-state index in [1.54, 1.807) is 42.5 Å². The molecule has 2 aromatic rings. The van der Waals surface area contributed by atoms with Gasteiger partial charge in [-0.1, -0.05) is 36.8 Å². The number of hydrogen-bond acceptors (Lipinski definition) is 4. The van der Waals surface area contributed by atoms with E-state index in [1.807, 2.05) is 6.07 Å². The molecule has 0 radical (unpaired) electrons. The maximum absolute atomic E-state index is 13.1. The zero-order valence-corrected chi connectivity index (χ0v) is 17.4. The molecule has 0 aromatic heterocycles. The highest BCUT2D eigenvalue weighted by Gasteiger charge is 2.31. The van der Waals surface area contributed by atoms with Gasteiger partial charge < -0.3 is 11.1 Å². The summed E-state index contributed by atoms with van der Waals surface area (Å²) in [4.78, 5) is 12.9. The van der Waals surface area contributed by atoms with Gasteiger partial charge in [-0.3, -0.25) is 9.10 Å². The van der Waals surface area contributed by atoms with E-state index in [0.29, 0.717) is 12.2 Å². The minimum atomic E-state index is -3.87. The van der Waals surface area contributed by atoms with Crippen molar-refractivity contribution in [2.75, 3.05) is 17.9 Å². The van der Waals surface area contributed by atoms with E-state index < -0.39 is 10.0 Å². The largest absolute Gasteiger partial charge is 0.349 e. The van der Waals surface area contributed by atoms with Crippen LogP contribution in [0.2, 0.25) is 0 Å². The number of nitrogens with one attached hydrogen (secondary N) is 1. The Morgan fingerprint density at radius 1 is 1.11 bits per heavy atom. The Labute approximate surface area is 172 Å². The van der Waals surface area contributed by atoms with E-state index in [9.17, 15) is 13.2 Å². The van der Waals surface area contributed by atoms with Crippen molar-refractivity contribution in [3.05, 3.63) is 60.2 Å². The summed E-state index contributed by atoms with van der Waals surface area (Å²) in [6.07, 6.45) is 2.87. The van der Waals surface area contributed by atoms with Crippen LogP contribution in [0, 0.1) is 5.92 Å². The van der Waals surface area contributed by atoms with Crippen molar-refractivity contribution in [2.45, 2.75) is 30.2 Å². The van der Waals surface area contributed by atoms with Gasteiger partial charge in [0, 0.05) is 13.1 Å². The summed E-state index contributed by atoms with van der Waals surface area (Å²) in [5.41, 5.74) is 6.48. The molecule has 1 aliphatic rings. The number of para-hydroxylation sites is 1. The molecule has 1 aliphatic carbocycles. The first-order chi connectivity index (χ1) is 12.9. The number of halogens is 1. The van der Waals surface area contributed by atoms with Gasteiger partial charge in [-0.05, 0) is 49.6 Å². The molecule has 0 aliphatic heterocycles. The molecule has 2 atom stereocenters. The summed E-state index contributed by atoms with van der Waals surface area (Å²) in [7, 11) is -2.39. The number of anilines is 1. The highest BCUT2D eigenvalue weighted by Crippen LogP contribution is 2.27. The highest BCUT2D eigenvalue weighted by atomic mass is 35.5. The average Bonchev–Trinajstić information content (AvgIpc) is 3.15. The Kier molecular flexibility index (Phi) is 7.46. The van der Waals surface area contributed by atoms with Crippen molar-refractivity contribution in [1.29, 1.82) is 0 Å². The maximum atomic E-state index is 13.1. The van der Waals surface area contributed by atoms with Crippen LogP contribution in [0.5, 0.6) is 0 Å². The molecule has 1 saturated carbocycles. The average molecular weight is 424 g/mol. The number of carbonyl (C=O) groups excluding carboxylic acids is 1. The van der Waals surface area contributed by atoms with Crippen LogP contribution in [0.15, 0.2) is 59.5 Å². The summed E-state index contributed by atoms with van der Waals surface area (Å²) < 4.78 is 27.5. The molecule has 152 valence electrons. The summed E-state index contributed by atoms with van der Waals surface area (Å²) in [5, 5.41) is 2.99. The lowest BCUT2D eigenvalue weighted by molar-refractivity contribution is 0.0925. The smallest absolute Gasteiger partial charge is 0.264 e. The standard InChI is InChI=1S/C20H25N3O3S.ClH/c1-23(16-9-3-2-4-10-16)27(25,26)19-13-6-5-11-17(19)20(24)22-18-12-7-8-15(18)14-21;/h2-6,9-11,13,15,18H,7-8,12,14,21H2,1H3,(H,22,24);1H. The lowest BCUT2D eigenvalue weighted by Crippen LogP contribution is -2.40. The number of rotatable bonds is 6. The van der Waals surface area contributed by atoms with Crippen molar-refractivity contribution in [2.24, 2.45) is 11.7 Å². The first kappa shape index (κ1) is 22.2. The van der Waals surface area contributed by atoms with E-state index in [1.165, 1.54) is 17.4 Å². The summed E-state index contributed by atoms with van der Waals surface area (Å²) in [5.74, 6) is -0.134. The number of carbonyl (C=O) groups is 1. The normalized spacial score (nSPS) is 18.9. The highest BCUT2D eigenvalue weighted by molar-refractivity contribution is 7.92. The van der Waals surface area contributed by atoms with E-state index in [-0.39, 0.29) is 40.7 Å². The van der Waals surface area contributed by atoms with Crippen molar-refractivity contribution in [1.82, 2.24) is 5.32 Å². The molecular formula is C20H26ClN3O3S. The molecule has 2 aromatic carbocycles. The van der Waals surface area contributed by atoms with Gasteiger partial charge in [-0.15, -0.1) is 12.4 Å². The lowest BCUT2D eigenvalue weighted by atomic mass is 10.0. The molecule has 1 fully saturated rings. The summed E-state index contributed by atoms with van der Waals surface area (Å²) in [6.45, 7) is 0.516. The molecule has 8 heteroatoms. The van der Waals surface area contributed by atoms with Crippen LogP contribution >= 0.6 is 12.4 Å². The van der Waals surface area contributed by atoms with Crippen molar-refractivity contribution >= 4 is 34.0 Å². The third-order valence-electron chi connectivity index (χ3n) is 5.17. The van der Waals surface area contributed by atoms with Gasteiger partial charge in [-0.2, -0.15) is 0 Å². The van der Waals surface area contributed by atoms with Gasteiger partial charge in [0.05, 0.1) is 11.3 Å². The predicted molar refractivity (Wildman–Crippen MR) is 113 cm³/mol. The maximum Gasteiger partial charge on any atom is 0.264 e. The second kappa shape index (κ2) is 9.41. The van der Waals surface area contributed by atoms with Crippen molar-refractivity contribution in [3.63, 3.8) is 0 Å². The fourth-order valence-corrected chi connectivity index (χ4v) is 4.94. The Bertz CT molecular complexity index is 906. The first-order valence-electron chi connectivity index (χ1n) is 9.09. The zero-order chi connectivity index (χ0) is 19.4. The predicted octanol–water partition coefficient (Wildman–Crippen LogP) is 2.79. The Morgan fingerprint density at radius 3 is 2.43 bits per heavy atom. The molecule has 2 unspecified atom stereocenters. The van der Waals surface area contributed by atoms with Crippen molar-refractivity contribution < 1.29 is 13.2 Å². The number of amides is 1. The Balaban J connectivity index is 0.00000280. The Hall–Kier alpha value is -2.09. The molecule has 28 heavy (non-hydrogen) atoms. The SMILES string of the molecule is CN(c1ccccc1)S(=O)(=O)c1ccccc1C(=O)NC1CCCC1CN.Cl. The number of nitrogens with zero attached hydrogens (tertiary/aromatic N) is 1. The van der Waals surface area contributed by atoms with Gasteiger partial charge >= 0.3 is 0 Å².